The molecule has 1 aliphatic rings. The van der Waals surface area contributed by atoms with Crippen LogP contribution in [0.2, 0.25) is 0 Å². The largest absolute Gasteiger partial charge is 0.464 e. The van der Waals surface area contributed by atoms with Crippen LogP contribution in [0.25, 0.3) is 0 Å². The quantitative estimate of drug-likeness (QED) is 0.787. The number of ether oxygens (including phenoxy) is 2. The summed E-state index contributed by atoms with van der Waals surface area (Å²) < 4.78 is 33.8. The molecule has 0 aromatic heterocycles. The van der Waals surface area contributed by atoms with Crippen molar-refractivity contribution < 1.29 is 23.0 Å². The summed E-state index contributed by atoms with van der Waals surface area (Å²) >= 11 is 0. The summed E-state index contributed by atoms with van der Waals surface area (Å²) in [6, 6.07) is 6.34. The smallest absolute Gasteiger partial charge is 0.387 e. The van der Waals surface area contributed by atoms with Gasteiger partial charge >= 0.3 is 12.6 Å². The molecule has 0 amide bonds. The molecule has 1 aromatic rings. The standard InChI is InChI=1S/C15H19F2NO3/c1-3-20-13(19)15(2,18-11-6-7-11)10-4-8-12(9-5-10)21-14(16)17/h4-5,8-9,11,14,18H,3,6-7H2,1-2H3. The maximum Gasteiger partial charge on any atom is 0.387 e. The number of carbonyl (C=O) groups excluding carboxylic acids is 1. The van der Waals surface area contributed by atoms with E-state index < -0.39 is 12.2 Å². The van der Waals surface area contributed by atoms with E-state index in [1.54, 1.807) is 26.0 Å². The van der Waals surface area contributed by atoms with E-state index in [2.05, 4.69) is 10.1 Å². The number of carbonyl (C=O) groups is 1. The van der Waals surface area contributed by atoms with Crippen molar-refractivity contribution in [2.24, 2.45) is 0 Å². The summed E-state index contributed by atoms with van der Waals surface area (Å²) in [6.07, 6.45) is 2.03. The average molecular weight is 299 g/mol. The van der Waals surface area contributed by atoms with Crippen molar-refractivity contribution in [2.45, 2.75) is 44.9 Å². The maximum absolute atomic E-state index is 12.3. The number of hydrogen-bond acceptors (Lipinski definition) is 4. The molecule has 0 spiro atoms. The lowest BCUT2D eigenvalue weighted by molar-refractivity contribution is -0.151. The van der Waals surface area contributed by atoms with E-state index in [1.165, 1.54) is 12.1 Å². The molecular formula is C15H19F2NO3. The number of hydrogen-bond donors (Lipinski definition) is 1. The molecule has 0 aliphatic heterocycles. The second kappa shape index (κ2) is 6.39. The fourth-order valence-corrected chi connectivity index (χ4v) is 2.14. The monoisotopic (exact) mass is 299 g/mol. The molecule has 21 heavy (non-hydrogen) atoms. The molecule has 0 saturated heterocycles. The third kappa shape index (κ3) is 3.91. The van der Waals surface area contributed by atoms with Crippen molar-refractivity contribution in [3.63, 3.8) is 0 Å². The first-order chi connectivity index (χ1) is 9.95. The zero-order valence-electron chi connectivity index (χ0n) is 12.1. The van der Waals surface area contributed by atoms with Gasteiger partial charge in [-0.15, -0.1) is 0 Å². The summed E-state index contributed by atoms with van der Waals surface area (Å²) in [5.41, 5.74) is -0.324. The van der Waals surface area contributed by atoms with E-state index >= 15 is 0 Å². The third-order valence-electron chi connectivity index (χ3n) is 3.41. The van der Waals surface area contributed by atoms with Crippen LogP contribution in [-0.2, 0) is 15.1 Å². The Labute approximate surface area is 122 Å². The van der Waals surface area contributed by atoms with Crippen LogP contribution in [0.3, 0.4) is 0 Å². The minimum absolute atomic E-state index is 0.0615. The number of alkyl halides is 2. The van der Waals surface area contributed by atoms with Crippen LogP contribution >= 0.6 is 0 Å². The van der Waals surface area contributed by atoms with Gasteiger partial charge in [0.1, 0.15) is 11.3 Å². The Morgan fingerprint density at radius 3 is 2.48 bits per heavy atom. The van der Waals surface area contributed by atoms with E-state index in [-0.39, 0.29) is 24.4 Å². The minimum Gasteiger partial charge on any atom is -0.464 e. The van der Waals surface area contributed by atoms with Crippen LogP contribution in [0.15, 0.2) is 24.3 Å². The fraction of sp³-hybridized carbons (Fsp3) is 0.533. The van der Waals surface area contributed by atoms with Gasteiger partial charge in [-0.1, -0.05) is 12.1 Å². The molecule has 1 aromatic carbocycles. The number of benzene rings is 1. The van der Waals surface area contributed by atoms with Crippen molar-refractivity contribution in [3.05, 3.63) is 29.8 Å². The lowest BCUT2D eigenvalue weighted by atomic mass is 9.91. The molecule has 1 saturated carbocycles. The summed E-state index contributed by atoms with van der Waals surface area (Å²) in [5, 5.41) is 3.26. The Bertz CT molecular complexity index is 488. The molecule has 0 radical (unpaired) electrons. The number of halogens is 2. The highest BCUT2D eigenvalue weighted by atomic mass is 19.3. The van der Waals surface area contributed by atoms with E-state index in [1.807, 2.05) is 0 Å². The molecular weight excluding hydrogens is 280 g/mol. The van der Waals surface area contributed by atoms with E-state index in [0.717, 1.165) is 12.8 Å². The maximum atomic E-state index is 12.3. The molecule has 1 N–H and O–H groups in total. The Morgan fingerprint density at radius 1 is 1.38 bits per heavy atom. The topological polar surface area (TPSA) is 47.6 Å². The lowest BCUT2D eigenvalue weighted by Gasteiger charge is -2.29. The predicted molar refractivity (Wildman–Crippen MR) is 73.2 cm³/mol. The van der Waals surface area contributed by atoms with Crippen LogP contribution < -0.4 is 10.1 Å². The summed E-state index contributed by atoms with van der Waals surface area (Å²) in [5.74, 6) is -0.314. The van der Waals surface area contributed by atoms with E-state index in [4.69, 9.17) is 4.74 Å². The highest BCUT2D eigenvalue weighted by Gasteiger charge is 2.41. The fourth-order valence-electron chi connectivity index (χ4n) is 2.14. The second-order valence-electron chi connectivity index (χ2n) is 5.17. The first-order valence-corrected chi connectivity index (χ1v) is 6.96. The average Bonchev–Trinajstić information content (AvgIpc) is 3.22. The molecule has 1 unspecified atom stereocenters. The highest BCUT2D eigenvalue weighted by Crippen LogP contribution is 2.30. The Morgan fingerprint density at radius 2 is 2.00 bits per heavy atom. The van der Waals surface area contributed by atoms with Gasteiger partial charge in [0.2, 0.25) is 0 Å². The highest BCUT2D eigenvalue weighted by molar-refractivity contribution is 5.82. The molecule has 2 rings (SSSR count). The van der Waals surface area contributed by atoms with Gasteiger partial charge in [0.25, 0.3) is 0 Å². The molecule has 1 fully saturated rings. The van der Waals surface area contributed by atoms with Crippen molar-refractivity contribution in [2.75, 3.05) is 6.61 Å². The van der Waals surface area contributed by atoms with Crippen LogP contribution in [0, 0.1) is 0 Å². The molecule has 1 atom stereocenters. The zero-order valence-corrected chi connectivity index (χ0v) is 12.1. The Kier molecular flexibility index (Phi) is 4.77. The van der Waals surface area contributed by atoms with Crippen LogP contribution in [-0.4, -0.2) is 25.2 Å². The first kappa shape index (κ1) is 15.7. The second-order valence-corrected chi connectivity index (χ2v) is 5.17. The number of esters is 1. The summed E-state index contributed by atoms with van der Waals surface area (Å²) in [6.45, 7) is 0.908. The Balaban J connectivity index is 2.21. The molecule has 0 bridgehead atoms. The first-order valence-electron chi connectivity index (χ1n) is 6.96. The van der Waals surface area contributed by atoms with Crippen molar-refractivity contribution in [3.8, 4) is 5.75 Å². The van der Waals surface area contributed by atoms with Gasteiger partial charge < -0.3 is 9.47 Å². The molecule has 0 heterocycles. The van der Waals surface area contributed by atoms with Gasteiger partial charge in [-0.3, -0.25) is 5.32 Å². The predicted octanol–water partition coefficient (Wildman–Crippen LogP) is 2.82. The van der Waals surface area contributed by atoms with Crippen molar-refractivity contribution >= 4 is 5.97 Å². The van der Waals surface area contributed by atoms with Crippen LogP contribution in [0.1, 0.15) is 32.3 Å². The minimum atomic E-state index is -2.86. The SMILES string of the molecule is CCOC(=O)C(C)(NC1CC1)c1ccc(OC(F)F)cc1. The van der Waals surface area contributed by atoms with Crippen molar-refractivity contribution in [1.82, 2.24) is 5.32 Å². The van der Waals surface area contributed by atoms with Crippen molar-refractivity contribution in [1.29, 1.82) is 0 Å². The summed E-state index contributed by atoms with van der Waals surface area (Å²) in [4.78, 5) is 12.3. The zero-order chi connectivity index (χ0) is 15.5. The van der Waals surface area contributed by atoms with E-state index in [9.17, 15) is 13.6 Å². The van der Waals surface area contributed by atoms with Gasteiger partial charge in [0.15, 0.2) is 0 Å². The number of nitrogens with one attached hydrogen (secondary N) is 1. The normalized spacial score (nSPS) is 17.4. The number of rotatable bonds is 7. The van der Waals surface area contributed by atoms with Gasteiger partial charge in [-0.25, -0.2) is 4.79 Å². The van der Waals surface area contributed by atoms with Crippen LogP contribution in [0.4, 0.5) is 8.78 Å². The third-order valence-corrected chi connectivity index (χ3v) is 3.41. The summed E-state index contributed by atoms with van der Waals surface area (Å²) in [7, 11) is 0. The lowest BCUT2D eigenvalue weighted by Crippen LogP contribution is -2.48. The van der Waals surface area contributed by atoms with Gasteiger partial charge in [0, 0.05) is 6.04 Å². The van der Waals surface area contributed by atoms with Crippen LogP contribution in [0.5, 0.6) is 5.75 Å². The van der Waals surface area contributed by atoms with Gasteiger partial charge in [-0.05, 0) is 44.4 Å². The molecule has 4 nitrogen and oxygen atoms in total. The molecule has 6 heteroatoms. The molecule has 1 aliphatic carbocycles. The van der Waals surface area contributed by atoms with Gasteiger partial charge in [-0.2, -0.15) is 8.78 Å². The van der Waals surface area contributed by atoms with E-state index in [0.29, 0.717) is 5.56 Å². The molecule has 116 valence electrons. The van der Waals surface area contributed by atoms with Gasteiger partial charge in [0.05, 0.1) is 6.61 Å². The Hall–Kier alpha value is -1.69.